The second-order valence-corrected chi connectivity index (χ2v) is 15.1. The van der Waals surface area contributed by atoms with Crippen LogP contribution in [0.15, 0.2) is 66.5 Å². The van der Waals surface area contributed by atoms with Gasteiger partial charge in [0.2, 0.25) is 0 Å². The van der Waals surface area contributed by atoms with Crippen molar-refractivity contribution in [3.63, 3.8) is 0 Å². The Labute approximate surface area is 211 Å². The summed E-state index contributed by atoms with van der Waals surface area (Å²) in [6.07, 6.45) is 14.1. The maximum atomic E-state index is 2.62. The molecule has 0 spiro atoms. The molecule has 2 heterocycles. The van der Waals surface area contributed by atoms with Gasteiger partial charge in [0.1, 0.15) is 8.07 Å². The summed E-state index contributed by atoms with van der Waals surface area (Å²) in [7, 11) is -1.73. The molecular weight excluding hydrogens is 519 g/mol. The van der Waals surface area contributed by atoms with Crippen molar-refractivity contribution >= 4 is 31.6 Å². The second kappa shape index (κ2) is 9.96. The molecule has 0 aromatic carbocycles. The number of fused-ring (bicyclic) bond motifs is 2. The van der Waals surface area contributed by atoms with E-state index in [1.165, 1.54) is 0 Å². The van der Waals surface area contributed by atoms with Crippen molar-refractivity contribution in [2.75, 3.05) is 0 Å². The van der Waals surface area contributed by atoms with Crippen LogP contribution in [0.25, 0.3) is 0 Å². The van der Waals surface area contributed by atoms with Gasteiger partial charge in [-0.25, -0.2) is 0 Å². The second-order valence-electron chi connectivity index (χ2n) is 8.56. The zero-order chi connectivity index (χ0) is 17.9. The summed E-state index contributed by atoms with van der Waals surface area (Å²) in [6, 6.07) is 0. The van der Waals surface area contributed by atoms with Gasteiger partial charge in [-0.05, 0) is 21.6 Å². The van der Waals surface area contributed by atoms with E-state index in [1.807, 2.05) is 0 Å². The van der Waals surface area contributed by atoms with Crippen LogP contribution < -0.4 is 24.8 Å². The molecule has 0 saturated heterocycles. The number of halogens is 2. The van der Waals surface area contributed by atoms with E-state index in [4.69, 9.17) is 0 Å². The largest absolute Gasteiger partial charge is 2.00 e. The zero-order valence-corrected chi connectivity index (χ0v) is 23.9. The van der Waals surface area contributed by atoms with Crippen LogP contribution in [0.3, 0.4) is 0 Å². The Morgan fingerprint density at radius 1 is 0.750 bits per heavy atom. The molecule has 0 bridgehead atoms. The van der Waals surface area contributed by atoms with Gasteiger partial charge in [-0.2, -0.15) is 0 Å². The van der Waals surface area contributed by atoms with Crippen LogP contribution in [0, 0.1) is 23.7 Å². The quantitative estimate of drug-likeness (QED) is 0.487. The van der Waals surface area contributed by atoms with Crippen molar-refractivity contribution in [2.24, 2.45) is 23.7 Å². The Bertz CT molecular complexity index is 750. The molecule has 0 saturated carbocycles. The van der Waals surface area contributed by atoms with Crippen LogP contribution >= 0.6 is 23.5 Å². The molecule has 6 heteroatoms. The van der Waals surface area contributed by atoms with Gasteiger partial charge in [-0.1, -0.05) is 111 Å². The third-order valence-corrected chi connectivity index (χ3v) is 13.0. The van der Waals surface area contributed by atoms with Gasteiger partial charge in [-0.3, -0.25) is 0 Å². The minimum Gasteiger partial charge on any atom is -1.00 e. The van der Waals surface area contributed by atoms with Gasteiger partial charge in [0.25, 0.3) is 0 Å². The van der Waals surface area contributed by atoms with Crippen LogP contribution in [0.4, 0.5) is 0 Å². The summed E-state index contributed by atoms with van der Waals surface area (Å²) in [5.74, 6) is 2.37. The predicted molar refractivity (Wildman–Crippen MR) is 118 cm³/mol. The molecule has 4 aliphatic rings. The number of hydrogen-bond donors (Lipinski definition) is 0. The molecule has 28 heavy (non-hydrogen) atoms. The van der Waals surface area contributed by atoms with E-state index >= 15 is 0 Å². The Balaban J connectivity index is 0.00000131. The normalized spacial score (nSPS) is 24.9. The summed E-state index contributed by atoms with van der Waals surface area (Å²) in [5.41, 5.74) is 0. The van der Waals surface area contributed by atoms with E-state index in [-0.39, 0.29) is 51.0 Å². The van der Waals surface area contributed by atoms with Gasteiger partial charge in [0, 0.05) is 21.6 Å². The third-order valence-electron chi connectivity index (χ3n) is 5.75. The summed E-state index contributed by atoms with van der Waals surface area (Å²) in [6.45, 7) is 14.7. The van der Waals surface area contributed by atoms with Crippen LogP contribution in [-0.4, -0.2) is 8.07 Å². The van der Waals surface area contributed by atoms with Gasteiger partial charge in [-0.15, -0.1) is 0 Å². The van der Waals surface area contributed by atoms with E-state index in [2.05, 4.69) is 101 Å². The monoisotopic (exact) mass is 544 g/mol. The molecule has 0 nitrogen and oxygen atoms in total. The third kappa shape index (κ3) is 4.26. The summed E-state index contributed by atoms with van der Waals surface area (Å²) in [4.78, 5) is 6.46. The van der Waals surface area contributed by atoms with Gasteiger partial charge in [0.05, 0.1) is 0 Å². The van der Waals surface area contributed by atoms with E-state index in [1.54, 1.807) is 30.0 Å². The average Bonchev–Trinajstić information content (AvgIpc) is 3.24. The van der Waals surface area contributed by atoms with Crippen LogP contribution in [0.5, 0.6) is 0 Å². The Kier molecular flexibility index (Phi) is 9.55. The first-order valence-corrected chi connectivity index (χ1v) is 14.1. The molecule has 2 aliphatic carbocycles. The molecule has 0 radical (unpaired) electrons. The molecule has 0 aromatic rings. The summed E-state index contributed by atoms with van der Waals surface area (Å²) in [5, 5.41) is 3.59. The molecule has 2 unspecified atom stereocenters. The van der Waals surface area contributed by atoms with E-state index in [0.29, 0.717) is 23.7 Å². The number of thioether (sulfide) groups is 2. The molecule has 2 aliphatic heterocycles. The smallest absolute Gasteiger partial charge is 1.00 e. The van der Waals surface area contributed by atoms with E-state index < -0.39 is 8.07 Å². The topological polar surface area (TPSA) is 0 Å². The fourth-order valence-corrected chi connectivity index (χ4v) is 13.3. The van der Waals surface area contributed by atoms with Gasteiger partial charge in [0.15, 0.2) is 0 Å². The predicted octanol–water partition coefficient (Wildman–Crippen LogP) is 1.23. The van der Waals surface area contributed by atoms with Gasteiger partial charge >= 0.3 is 26.2 Å². The van der Waals surface area contributed by atoms with E-state index in [0.717, 1.165) is 0 Å². The maximum Gasteiger partial charge on any atom is 2.00 e. The fraction of sp³-hybridized carbons (Fsp3) is 0.455. The molecular formula is C22H28Cl2S2SiZr. The van der Waals surface area contributed by atoms with Crippen LogP contribution in [0.2, 0.25) is 13.1 Å². The summed E-state index contributed by atoms with van der Waals surface area (Å²) >= 11 is 4.14. The molecule has 0 fully saturated rings. The van der Waals surface area contributed by atoms with Crippen molar-refractivity contribution in [3.8, 4) is 0 Å². The Hall–Kier alpha value is 0.820. The standard InChI is InChI=1S/C22H28S2Si.2ClH.Zr/c1-13(2)19-21(15-9-7-11-17(15)23-19)25(5,6)22-16-10-8-12-18(16)24-20(22)14(3)4;;;/h7-16H,1-6H3;2*1H;/q;;;+2/p-2. The number of rotatable bonds is 4. The van der Waals surface area contributed by atoms with E-state index in [9.17, 15) is 0 Å². The zero-order valence-electron chi connectivity index (χ0n) is 17.3. The minimum atomic E-state index is -1.73. The Morgan fingerprint density at radius 2 is 1.11 bits per heavy atom. The van der Waals surface area contributed by atoms with Crippen molar-refractivity contribution in [1.29, 1.82) is 0 Å². The SMILES string of the molecule is CC(C)C1=C([Si](C)(C)C2=C(C(C)C)SC3=CC=CC32)C2C=CC=C2S1.[Cl-].[Cl-].[Zr+2]. The molecule has 4 rings (SSSR count). The minimum absolute atomic E-state index is 0. The van der Waals surface area contributed by atoms with Crippen LogP contribution in [0.1, 0.15) is 27.7 Å². The molecule has 0 N–H and O–H groups in total. The first kappa shape index (κ1) is 26.9. The van der Waals surface area contributed by atoms with Gasteiger partial charge < -0.3 is 24.8 Å². The number of allylic oxidation sites excluding steroid dienone is 12. The van der Waals surface area contributed by atoms with Crippen molar-refractivity contribution < 1.29 is 51.0 Å². The van der Waals surface area contributed by atoms with Crippen molar-refractivity contribution in [1.82, 2.24) is 0 Å². The molecule has 0 aromatic heterocycles. The fourth-order valence-electron chi connectivity index (χ4n) is 4.66. The van der Waals surface area contributed by atoms with Crippen LogP contribution in [-0.2, 0) is 26.2 Å². The Morgan fingerprint density at radius 3 is 1.43 bits per heavy atom. The first-order valence-electron chi connectivity index (χ1n) is 9.44. The summed E-state index contributed by atoms with van der Waals surface area (Å²) < 4.78 is 0. The number of hydrogen-bond acceptors (Lipinski definition) is 2. The maximum absolute atomic E-state index is 2.62. The molecule has 0 amide bonds. The van der Waals surface area contributed by atoms with Crippen molar-refractivity contribution in [3.05, 3.63) is 66.5 Å². The average molecular weight is 547 g/mol. The van der Waals surface area contributed by atoms with Crippen molar-refractivity contribution in [2.45, 2.75) is 40.8 Å². The molecule has 2 atom stereocenters. The molecule has 150 valence electrons. The first-order chi connectivity index (χ1) is 11.8.